The number of carbonyl (C=O) groups excluding carboxylic acids is 1. The molecule has 3 heterocycles. The summed E-state index contributed by atoms with van der Waals surface area (Å²) in [5.41, 5.74) is 0.726. The third kappa shape index (κ3) is 2.89. The number of amides is 1. The number of aryl methyl sites for hydroxylation is 2. The molecule has 0 saturated heterocycles. The first-order valence-corrected chi connectivity index (χ1v) is 7.41. The molecule has 0 atom stereocenters. The SMILES string of the molecule is Cc1nc(Cn2nnc(NC(=O)c3ccc(C)s3)c2C)no1. The van der Waals surface area contributed by atoms with Gasteiger partial charge in [0.05, 0.1) is 10.6 Å². The number of carbonyl (C=O) groups is 1. The van der Waals surface area contributed by atoms with Gasteiger partial charge >= 0.3 is 0 Å². The van der Waals surface area contributed by atoms with E-state index >= 15 is 0 Å². The second-order valence-corrected chi connectivity index (χ2v) is 6.06. The van der Waals surface area contributed by atoms with E-state index in [0.717, 1.165) is 10.6 Å². The van der Waals surface area contributed by atoms with Gasteiger partial charge in [0.15, 0.2) is 11.6 Å². The third-order valence-electron chi connectivity index (χ3n) is 3.04. The Balaban J connectivity index is 1.74. The van der Waals surface area contributed by atoms with E-state index in [1.807, 2.05) is 19.9 Å². The van der Waals surface area contributed by atoms with Crippen LogP contribution in [0.3, 0.4) is 0 Å². The van der Waals surface area contributed by atoms with Gasteiger partial charge in [0, 0.05) is 11.8 Å². The fourth-order valence-electron chi connectivity index (χ4n) is 1.89. The van der Waals surface area contributed by atoms with Crippen LogP contribution >= 0.6 is 11.3 Å². The van der Waals surface area contributed by atoms with Crippen LogP contribution in [0, 0.1) is 20.8 Å². The third-order valence-corrected chi connectivity index (χ3v) is 4.04. The van der Waals surface area contributed by atoms with Crippen molar-refractivity contribution in [3.8, 4) is 0 Å². The second kappa shape index (κ2) is 5.68. The maximum absolute atomic E-state index is 12.1. The van der Waals surface area contributed by atoms with Crippen LogP contribution in [0.4, 0.5) is 5.82 Å². The van der Waals surface area contributed by atoms with E-state index in [1.165, 1.54) is 11.3 Å². The van der Waals surface area contributed by atoms with Crippen LogP contribution in [0.1, 0.15) is 32.0 Å². The molecule has 0 saturated carbocycles. The Morgan fingerprint density at radius 3 is 2.82 bits per heavy atom. The predicted molar refractivity (Wildman–Crippen MR) is 79.9 cm³/mol. The molecule has 0 aliphatic rings. The van der Waals surface area contributed by atoms with Crippen molar-refractivity contribution in [1.29, 1.82) is 0 Å². The molecule has 9 heteroatoms. The zero-order valence-corrected chi connectivity index (χ0v) is 13.1. The first-order valence-electron chi connectivity index (χ1n) is 6.60. The van der Waals surface area contributed by atoms with Crippen molar-refractivity contribution in [2.45, 2.75) is 27.3 Å². The molecule has 114 valence electrons. The minimum absolute atomic E-state index is 0.191. The van der Waals surface area contributed by atoms with E-state index in [9.17, 15) is 4.79 Å². The van der Waals surface area contributed by atoms with E-state index in [4.69, 9.17) is 4.52 Å². The molecule has 0 bridgehead atoms. The zero-order valence-electron chi connectivity index (χ0n) is 12.3. The van der Waals surface area contributed by atoms with Gasteiger partial charge in [0.1, 0.15) is 6.54 Å². The van der Waals surface area contributed by atoms with Crippen LogP contribution in [-0.4, -0.2) is 31.0 Å². The highest BCUT2D eigenvalue weighted by Crippen LogP contribution is 2.18. The van der Waals surface area contributed by atoms with Crippen LogP contribution in [0.2, 0.25) is 0 Å². The lowest BCUT2D eigenvalue weighted by atomic mass is 10.4. The highest BCUT2D eigenvalue weighted by atomic mass is 32.1. The van der Waals surface area contributed by atoms with Gasteiger partial charge in [-0.15, -0.1) is 16.4 Å². The Labute approximate surface area is 130 Å². The van der Waals surface area contributed by atoms with Gasteiger partial charge in [-0.05, 0) is 26.0 Å². The van der Waals surface area contributed by atoms with Gasteiger partial charge < -0.3 is 9.84 Å². The Morgan fingerprint density at radius 1 is 1.36 bits per heavy atom. The van der Waals surface area contributed by atoms with E-state index in [1.54, 1.807) is 17.7 Å². The largest absolute Gasteiger partial charge is 0.340 e. The summed E-state index contributed by atoms with van der Waals surface area (Å²) in [5.74, 6) is 1.24. The normalized spacial score (nSPS) is 10.9. The smallest absolute Gasteiger partial charge is 0.266 e. The molecule has 22 heavy (non-hydrogen) atoms. The number of anilines is 1. The van der Waals surface area contributed by atoms with Gasteiger partial charge in [-0.1, -0.05) is 10.4 Å². The summed E-state index contributed by atoms with van der Waals surface area (Å²) in [6.45, 7) is 5.83. The summed E-state index contributed by atoms with van der Waals surface area (Å²) in [5, 5.41) is 14.6. The molecule has 0 fully saturated rings. The minimum Gasteiger partial charge on any atom is -0.340 e. The molecular weight excluding hydrogens is 304 g/mol. The van der Waals surface area contributed by atoms with Gasteiger partial charge in [0.2, 0.25) is 5.89 Å². The molecule has 3 rings (SSSR count). The molecule has 3 aromatic rings. The fraction of sp³-hybridized carbons (Fsp3) is 0.308. The molecule has 0 aliphatic heterocycles. The van der Waals surface area contributed by atoms with Crippen LogP contribution in [0.15, 0.2) is 16.7 Å². The van der Waals surface area contributed by atoms with Gasteiger partial charge in [-0.2, -0.15) is 4.98 Å². The Hall–Kier alpha value is -2.55. The lowest BCUT2D eigenvalue weighted by Crippen LogP contribution is -2.12. The number of hydrogen-bond donors (Lipinski definition) is 1. The zero-order chi connectivity index (χ0) is 15.7. The summed E-state index contributed by atoms with van der Waals surface area (Å²) in [6.07, 6.45) is 0. The molecule has 0 spiro atoms. The van der Waals surface area contributed by atoms with Crippen LogP contribution in [0.5, 0.6) is 0 Å². The van der Waals surface area contributed by atoms with Crippen LogP contribution < -0.4 is 5.32 Å². The van der Waals surface area contributed by atoms with Crippen LogP contribution in [0.25, 0.3) is 0 Å². The van der Waals surface area contributed by atoms with E-state index in [0.29, 0.717) is 29.0 Å². The van der Waals surface area contributed by atoms with Crippen molar-refractivity contribution in [1.82, 2.24) is 25.1 Å². The van der Waals surface area contributed by atoms with E-state index < -0.39 is 0 Å². The number of hydrogen-bond acceptors (Lipinski definition) is 7. The van der Waals surface area contributed by atoms with Gasteiger partial charge in [-0.25, -0.2) is 4.68 Å². The van der Waals surface area contributed by atoms with Crippen molar-refractivity contribution in [2.24, 2.45) is 0 Å². The number of thiophene rings is 1. The first-order chi connectivity index (χ1) is 10.5. The molecule has 0 aromatic carbocycles. The topological polar surface area (TPSA) is 98.7 Å². The summed E-state index contributed by atoms with van der Waals surface area (Å²) in [4.78, 5) is 18.0. The number of nitrogens with zero attached hydrogens (tertiary/aromatic N) is 5. The maximum Gasteiger partial charge on any atom is 0.266 e. The molecule has 3 aromatic heterocycles. The van der Waals surface area contributed by atoms with Crippen molar-refractivity contribution in [2.75, 3.05) is 5.32 Å². The Kier molecular flexibility index (Phi) is 3.72. The highest BCUT2D eigenvalue weighted by molar-refractivity contribution is 7.14. The molecule has 8 nitrogen and oxygen atoms in total. The molecule has 0 aliphatic carbocycles. The fourth-order valence-corrected chi connectivity index (χ4v) is 2.65. The Bertz CT molecular complexity index is 818. The quantitative estimate of drug-likeness (QED) is 0.789. The maximum atomic E-state index is 12.1. The summed E-state index contributed by atoms with van der Waals surface area (Å²) in [6, 6.07) is 3.69. The molecule has 0 unspecified atom stereocenters. The Morgan fingerprint density at radius 2 is 2.18 bits per heavy atom. The minimum atomic E-state index is -0.191. The first kappa shape index (κ1) is 14.4. The second-order valence-electron chi connectivity index (χ2n) is 4.78. The summed E-state index contributed by atoms with van der Waals surface area (Å²) < 4.78 is 6.53. The van der Waals surface area contributed by atoms with Crippen molar-refractivity contribution >= 4 is 23.1 Å². The lowest BCUT2D eigenvalue weighted by molar-refractivity contribution is 0.103. The van der Waals surface area contributed by atoms with Crippen molar-refractivity contribution in [3.05, 3.63) is 39.3 Å². The average molecular weight is 318 g/mol. The average Bonchev–Trinajstić information content (AvgIpc) is 3.16. The van der Waals surface area contributed by atoms with E-state index in [2.05, 4.69) is 25.8 Å². The summed E-state index contributed by atoms with van der Waals surface area (Å²) in [7, 11) is 0. The number of aromatic nitrogens is 5. The molecule has 1 amide bonds. The predicted octanol–water partition coefficient (Wildman–Crippen LogP) is 1.95. The van der Waals surface area contributed by atoms with Crippen LogP contribution in [-0.2, 0) is 6.54 Å². The van der Waals surface area contributed by atoms with E-state index in [-0.39, 0.29) is 5.91 Å². The molecule has 1 N–H and O–H groups in total. The number of rotatable bonds is 4. The van der Waals surface area contributed by atoms with Gasteiger partial charge in [0.25, 0.3) is 5.91 Å². The molecular formula is C13H14N6O2S. The summed E-state index contributed by atoms with van der Waals surface area (Å²) >= 11 is 1.43. The molecule has 0 radical (unpaired) electrons. The standard InChI is InChI=1S/C13H14N6O2S/c1-7-4-5-10(22-7)13(20)15-12-8(2)19(18-16-12)6-11-14-9(3)21-17-11/h4-5H,6H2,1-3H3,(H,15,20). The number of nitrogens with one attached hydrogen (secondary N) is 1. The lowest BCUT2D eigenvalue weighted by Gasteiger charge is -2.02. The van der Waals surface area contributed by atoms with Crippen molar-refractivity contribution in [3.63, 3.8) is 0 Å². The van der Waals surface area contributed by atoms with Gasteiger partial charge in [-0.3, -0.25) is 4.79 Å². The van der Waals surface area contributed by atoms with Crippen molar-refractivity contribution < 1.29 is 9.32 Å². The monoisotopic (exact) mass is 318 g/mol. The highest BCUT2D eigenvalue weighted by Gasteiger charge is 2.15.